The Morgan fingerprint density at radius 1 is 1.53 bits per heavy atom. The third-order valence-corrected chi connectivity index (χ3v) is 3.05. The highest BCUT2D eigenvalue weighted by atomic mass is 16.5. The van der Waals surface area contributed by atoms with Crippen LogP contribution >= 0.6 is 0 Å². The van der Waals surface area contributed by atoms with E-state index in [0.29, 0.717) is 5.92 Å². The molecule has 88 valence electrons. The fourth-order valence-corrected chi connectivity index (χ4v) is 1.98. The Balaban J connectivity index is 2.31. The minimum absolute atomic E-state index is 0.164. The van der Waals surface area contributed by atoms with E-state index in [1.165, 1.54) is 0 Å². The van der Waals surface area contributed by atoms with Crippen molar-refractivity contribution in [1.29, 1.82) is 0 Å². The van der Waals surface area contributed by atoms with Crippen molar-refractivity contribution in [3.8, 4) is 0 Å². The number of carbonyl (C=O) groups is 1. The van der Waals surface area contributed by atoms with Gasteiger partial charge in [0.15, 0.2) is 0 Å². The number of methoxy groups -OCH3 is 1. The van der Waals surface area contributed by atoms with Gasteiger partial charge in [0.2, 0.25) is 5.91 Å². The van der Waals surface area contributed by atoms with Crippen LogP contribution in [0.3, 0.4) is 0 Å². The number of hydrogen-bond donors (Lipinski definition) is 1. The molecule has 15 heavy (non-hydrogen) atoms. The van der Waals surface area contributed by atoms with Crippen molar-refractivity contribution in [2.45, 2.75) is 13.3 Å². The fourth-order valence-electron chi connectivity index (χ4n) is 1.98. The summed E-state index contributed by atoms with van der Waals surface area (Å²) in [6.45, 7) is 5.43. The number of nitrogens with zero attached hydrogens (tertiary/aromatic N) is 1. The van der Waals surface area contributed by atoms with Crippen molar-refractivity contribution in [1.82, 2.24) is 10.2 Å². The number of rotatable bonds is 5. The number of carbonyl (C=O) groups excluding carboxylic acids is 1. The molecule has 0 aromatic carbocycles. The molecule has 1 fully saturated rings. The molecule has 1 amide bonds. The molecule has 1 aliphatic heterocycles. The fraction of sp³-hybridized carbons (Fsp3) is 0.909. The zero-order valence-corrected chi connectivity index (χ0v) is 9.95. The summed E-state index contributed by atoms with van der Waals surface area (Å²) in [5.41, 5.74) is 0. The predicted molar refractivity (Wildman–Crippen MR) is 59.7 cm³/mol. The number of hydrogen-bond acceptors (Lipinski definition) is 3. The van der Waals surface area contributed by atoms with E-state index >= 15 is 0 Å². The third kappa shape index (κ3) is 3.47. The Morgan fingerprint density at radius 3 is 2.80 bits per heavy atom. The molecule has 1 heterocycles. The Bertz CT molecular complexity index is 209. The second-order valence-corrected chi connectivity index (χ2v) is 4.35. The minimum atomic E-state index is 0.164. The van der Waals surface area contributed by atoms with Crippen LogP contribution in [0.15, 0.2) is 0 Å². The summed E-state index contributed by atoms with van der Waals surface area (Å²) < 4.78 is 4.97. The van der Waals surface area contributed by atoms with Gasteiger partial charge in [-0.3, -0.25) is 4.79 Å². The van der Waals surface area contributed by atoms with Crippen molar-refractivity contribution >= 4 is 5.91 Å². The number of nitrogens with one attached hydrogen (secondary N) is 1. The number of amides is 1. The van der Waals surface area contributed by atoms with E-state index in [4.69, 9.17) is 4.74 Å². The lowest BCUT2D eigenvalue weighted by atomic mass is 9.97. The average molecular weight is 214 g/mol. The second kappa shape index (κ2) is 6.08. The van der Waals surface area contributed by atoms with Gasteiger partial charge in [0.1, 0.15) is 0 Å². The topological polar surface area (TPSA) is 41.6 Å². The van der Waals surface area contributed by atoms with Gasteiger partial charge in [-0.05, 0) is 18.9 Å². The SMILES string of the molecule is COCCCN(C)C(=O)[C@@H]1CNC[C@H]1C. The van der Waals surface area contributed by atoms with E-state index in [9.17, 15) is 4.79 Å². The van der Waals surface area contributed by atoms with Crippen LogP contribution in [-0.4, -0.2) is 51.2 Å². The molecule has 1 rings (SSSR count). The molecule has 0 aromatic rings. The first-order chi connectivity index (χ1) is 7.16. The van der Waals surface area contributed by atoms with Crippen LogP contribution in [0.1, 0.15) is 13.3 Å². The molecule has 0 unspecified atom stereocenters. The summed E-state index contributed by atoms with van der Waals surface area (Å²) in [6.07, 6.45) is 0.910. The van der Waals surface area contributed by atoms with Crippen molar-refractivity contribution < 1.29 is 9.53 Å². The van der Waals surface area contributed by atoms with Gasteiger partial charge in [-0.15, -0.1) is 0 Å². The summed E-state index contributed by atoms with van der Waals surface area (Å²) in [5, 5.41) is 3.25. The van der Waals surface area contributed by atoms with Crippen LogP contribution in [0.2, 0.25) is 0 Å². The summed E-state index contributed by atoms with van der Waals surface area (Å²) in [5.74, 6) is 0.892. The van der Waals surface area contributed by atoms with Crippen LogP contribution in [0.5, 0.6) is 0 Å². The summed E-state index contributed by atoms with van der Waals surface area (Å²) in [4.78, 5) is 13.8. The van der Waals surface area contributed by atoms with E-state index in [2.05, 4.69) is 12.2 Å². The maximum absolute atomic E-state index is 12.0. The van der Waals surface area contributed by atoms with Gasteiger partial charge >= 0.3 is 0 Å². The molecule has 1 N–H and O–H groups in total. The molecular weight excluding hydrogens is 192 g/mol. The largest absolute Gasteiger partial charge is 0.385 e. The first-order valence-electron chi connectivity index (χ1n) is 5.61. The van der Waals surface area contributed by atoms with Gasteiger partial charge < -0.3 is 15.0 Å². The van der Waals surface area contributed by atoms with Crippen LogP contribution in [0.4, 0.5) is 0 Å². The lowest BCUT2D eigenvalue weighted by Crippen LogP contribution is -2.36. The highest BCUT2D eigenvalue weighted by Gasteiger charge is 2.31. The van der Waals surface area contributed by atoms with Gasteiger partial charge in [0.25, 0.3) is 0 Å². The first-order valence-corrected chi connectivity index (χ1v) is 5.61. The van der Waals surface area contributed by atoms with E-state index < -0.39 is 0 Å². The van der Waals surface area contributed by atoms with E-state index in [0.717, 1.165) is 32.7 Å². The van der Waals surface area contributed by atoms with Gasteiger partial charge in [-0.2, -0.15) is 0 Å². The molecule has 0 radical (unpaired) electrons. The molecule has 4 nitrogen and oxygen atoms in total. The van der Waals surface area contributed by atoms with Crippen molar-refractivity contribution in [2.24, 2.45) is 11.8 Å². The van der Waals surface area contributed by atoms with Crippen molar-refractivity contribution in [3.05, 3.63) is 0 Å². The van der Waals surface area contributed by atoms with Crippen molar-refractivity contribution in [3.63, 3.8) is 0 Å². The minimum Gasteiger partial charge on any atom is -0.385 e. The predicted octanol–water partition coefficient (Wildman–Crippen LogP) is 0.337. The zero-order valence-electron chi connectivity index (χ0n) is 9.95. The normalized spacial score (nSPS) is 25.5. The van der Waals surface area contributed by atoms with E-state index in [-0.39, 0.29) is 11.8 Å². The molecular formula is C11H22N2O2. The van der Waals surface area contributed by atoms with Gasteiger partial charge in [0.05, 0.1) is 5.92 Å². The summed E-state index contributed by atoms with van der Waals surface area (Å²) in [7, 11) is 3.56. The highest BCUT2D eigenvalue weighted by molar-refractivity contribution is 5.79. The Morgan fingerprint density at radius 2 is 2.27 bits per heavy atom. The number of ether oxygens (including phenoxy) is 1. The van der Waals surface area contributed by atoms with E-state index in [1.54, 1.807) is 7.11 Å². The molecule has 0 aromatic heterocycles. The zero-order chi connectivity index (χ0) is 11.3. The molecule has 1 saturated heterocycles. The maximum atomic E-state index is 12.0. The maximum Gasteiger partial charge on any atom is 0.227 e. The van der Waals surface area contributed by atoms with Crippen LogP contribution < -0.4 is 5.32 Å². The molecule has 0 spiro atoms. The second-order valence-electron chi connectivity index (χ2n) is 4.35. The highest BCUT2D eigenvalue weighted by Crippen LogP contribution is 2.17. The van der Waals surface area contributed by atoms with Crippen LogP contribution in [0, 0.1) is 11.8 Å². The lowest BCUT2D eigenvalue weighted by molar-refractivity contribution is -0.134. The van der Waals surface area contributed by atoms with Crippen LogP contribution in [-0.2, 0) is 9.53 Å². The van der Waals surface area contributed by atoms with Crippen molar-refractivity contribution in [2.75, 3.05) is 40.4 Å². The lowest BCUT2D eigenvalue weighted by Gasteiger charge is -2.22. The Labute approximate surface area is 92.0 Å². The molecule has 2 atom stereocenters. The summed E-state index contributed by atoms with van der Waals surface area (Å²) >= 11 is 0. The van der Waals surface area contributed by atoms with E-state index in [1.807, 2.05) is 11.9 Å². The quantitative estimate of drug-likeness (QED) is 0.671. The molecule has 1 aliphatic rings. The summed E-state index contributed by atoms with van der Waals surface area (Å²) in [6, 6.07) is 0. The van der Waals surface area contributed by atoms with Gasteiger partial charge in [-0.25, -0.2) is 0 Å². The standard InChI is InChI=1S/C11H22N2O2/c1-9-7-12-8-10(9)11(14)13(2)5-4-6-15-3/h9-10,12H,4-8H2,1-3H3/t9-,10-/m1/s1. The molecule has 0 aliphatic carbocycles. The molecule has 4 heteroatoms. The average Bonchev–Trinajstić information content (AvgIpc) is 2.63. The third-order valence-electron chi connectivity index (χ3n) is 3.05. The van der Waals surface area contributed by atoms with Gasteiger partial charge in [-0.1, -0.05) is 6.92 Å². The van der Waals surface area contributed by atoms with Gasteiger partial charge in [0, 0.05) is 33.9 Å². The first kappa shape index (κ1) is 12.5. The Hall–Kier alpha value is -0.610. The molecule has 0 bridgehead atoms. The Kier molecular flexibility index (Phi) is 5.05. The monoisotopic (exact) mass is 214 g/mol. The molecule has 0 saturated carbocycles. The smallest absolute Gasteiger partial charge is 0.227 e. The van der Waals surface area contributed by atoms with Crippen LogP contribution in [0.25, 0.3) is 0 Å².